The normalized spacial score (nSPS) is 10.6. The molecule has 0 bridgehead atoms. The smallest absolute Gasteiger partial charge is 0.257 e. The van der Waals surface area contributed by atoms with Gasteiger partial charge in [0.25, 0.3) is 11.5 Å². The van der Waals surface area contributed by atoms with Crippen molar-refractivity contribution in [1.82, 2.24) is 4.57 Å². The summed E-state index contributed by atoms with van der Waals surface area (Å²) in [6, 6.07) is 4.74. The molecule has 0 radical (unpaired) electrons. The highest BCUT2D eigenvalue weighted by Gasteiger charge is 2.14. The molecule has 0 spiro atoms. The number of carbonyl (C=O) groups excluding carboxylic acids is 1. The van der Waals surface area contributed by atoms with Crippen LogP contribution in [0.4, 0.5) is 5.69 Å². The summed E-state index contributed by atoms with van der Waals surface area (Å²) in [4.78, 5) is 23.9. The van der Waals surface area contributed by atoms with Crippen LogP contribution < -0.4 is 10.9 Å². The van der Waals surface area contributed by atoms with E-state index in [1.165, 1.54) is 22.0 Å². The van der Waals surface area contributed by atoms with Crippen LogP contribution in [0.3, 0.4) is 0 Å². The van der Waals surface area contributed by atoms with Crippen LogP contribution in [0.15, 0.2) is 36.8 Å². The van der Waals surface area contributed by atoms with E-state index in [-0.39, 0.29) is 11.5 Å². The molecule has 2 aromatic rings. The Labute approximate surface area is 142 Å². The van der Waals surface area contributed by atoms with Crippen molar-refractivity contribution in [3.05, 3.63) is 47.9 Å². The monoisotopic (exact) mass is 434 g/mol. The largest absolute Gasteiger partial charge is 0.383 e. The number of carbonyl (C=O) groups is 1. The fourth-order valence-corrected chi connectivity index (χ4v) is 4.46. The maximum atomic E-state index is 12.2. The fourth-order valence-electron chi connectivity index (χ4n) is 1.66. The number of methoxy groups -OCH3 is 1. The Kier molecular flexibility index (Phi) is 5.74. The minimum Gasteiger partial charge on any atom is -0.383 e. The summed E-state index contributed by atoms with van der Waals surface area (Å²) >= 11 is 8.11. The molecule has 0 aliphatic carbocycles. The van der Waals surface area contributed by atoms with E-state index in [1.807, 2.05) is 0 Å². The van der Waals surface area contributed by atoms with Crippen molar-refractivity contribution in [3.8, 4) is 0 Å². The molecule has 0 saturated heterocycles. The second-order valence-corrected chi connectivity index (χ2v) is 7.88. The average molecular weight is 436 g/mol. The van der Waals surface area contributed by atoms with Gasteiger partial charge in [-0.1, -0.05) is 0 Å². The van der Waals surface area contributed by atoms with Crippen LogP contribution in [-0.4, -0.2) is 24.2 Å². The van der Waals surface area contributed by atoms with Gasteiger partial charge in [-0.15, -0.1) is 11.3 Å². The summed E-state index contributed by atoms with van der Waals surface area (Å²) in [5.41, 5.74) is 0.968. The molecule has 1 N–H and O–H groups in total. The highest BCUT2D eigenvalue weighted by atomic mass is 79.9. The molecule has 0 aromatic carbocycles. The third-order valence-electron chi connectivity index (χ3n) is 2.68. The van der Waals surface area contributed by atoms with Gasteiger partial charge in [0.1, 0.15) is 0 Å². The van der Waals surface area contributed by atoms with Crippen molar-refractivity contribution in [3.63, 3.8) is 0 Å². The molecule has 0 unspecified atom stereocenters. The molecule has 0 saturated carbocycles. The summed E-state index contributed by atoms with van der Waals surface area (Å²) in [5.74, 6) is -0.235. The Balaban J connectivity index is 2.17. The lowest BCUT2D eigenvalue weighted by atomic mass is 10.3. The number of anilines is 1. The Morgan fingerprint density at radius 3 is 2.81 bits per heavy atom. The zero-order valence-corrected chi connectivity index (χ0v) is 15.0. The summed E-state index contributed by atoms with van der Waals surface area (Å²) < 4.78 is 8.07. The summed E-state index contributed by atoms with van der Waals surface area (Å²) in [6.45, 7) is 0.868. The Hall–Kier alpha value is -0.960. The SMILES string of the molecule is COCCn1cc(NC(=O)c2cc(Br)sc2Br)ccc1=O. The molecule has 0 fully saturated rings. The summed E-state index contributed by atoms with van der Waals surface area (Å²) in [5, 5.41) is 2.77. The van der Waals surface area contributed by atoms with Gasteiger partial charge >= 0.3 is 0 Å². The molecule has 21 heavy (non-hydrogen) atoms. The first-order valence-corrected chi connectivity index (χ1v) is 8.37. The lowest BCUT2D eigenvalue weighted by molar-refractivity contribution is 0.102. The van der Waals surface area contributed by atoms with E-state index in [0.29, 0.717) is 24.4 Å². The number of nitrogens with zero attached hydrogens (tertiary/aromatic N) is 1. The van der Waals surface area contributed by atoms with Gasteiger partial charge in [0.2, 0.25) is 0 Å². The van der Waals surface area contributed by atoms with Gasteiger partial charge in [-0.3, -0.25) is 9.59 Å². The molecule has 2 rings (SSSR count). The van der Waals surface area contributed by atoms with Crippen molar-refractivity contribution >= 4 is 54.8 Å². The van der Waals surface area contributed by atoms with Crippen molar-refractivity contribution in [1.29, 1.82) is 0 Å². The minimum absolute atomic E-state index is 0.135. The molecule has 0 aliphatic heterocycles. The number of amides is 1. The van der Waals surface area contributed by atoms with E-state index in [4.69, 9.17) is 4.74 Å². The van der Waals surface area contributed by atoms with E-state index < -0.39 is 0 Å². The van der Waals surface area contributed by atoms with Crippen molar-refractivity contribution in [2.45, 2.75) is 6.54 Å². The second-order valence-electron chi connectivity index (χ2n) is 4.13. The van der Waals surface area contributed by atoms with Crippen LogP contribution >= 0.6 is 43.2 Å². The average Bonchev–Trinajstić information content (AvgIpc) is 2.78. The first-order valence-electron chi connectivity index (χ1n) is 5.97. The molecule has 5 nitrogen and oxygen atoms in total. The first kappa shape index (κ1) is 16.4. The third kappa shape index (κ3) is 4.26. The minimum atomic E-state index is -0.235. The molecular formula is C13H12Br2N2O3S. The molecule has 0 atom stereocenters. The maximum Gasteiger partial charge on any atom is 0.257 e. The lowest BCUT2D eigenvalue weighted by Crippen LogP contribution is -2.22. The van der Waals surface area contributed by atoms with Crippen molar-refractivity contribution < 1.29 is 9.53 Å². The fraction of sp³-hybridized carbons (Fsp3) is 0.231. The Morgan fingerprint density at radius 1 is 1.43 bits per heavy atom. The van der Waals surface area contributed by atoms with E-state index >= 15 is 0 Å². The zero-order chi connectivity index (χ0) is 15.4. The number of pyridine rings is 1. The van der Waals surface area contributed by atoms with Crippen molar-refractivity contribution in [2.24, 2.45) is 0 Å². The van der Waals surface area contributed by atoms with Crippen LogP contribution in [-0.2, 0) is 11.3 Å². The molecule has 2 heterocycles. The lowest BCUT2D eigenvalue weighted by Gasteiger charge is -2.09. The number of hydrogen-bond acceptors (Lipinski definition) is 4. The van der Waals surface area contributed by atoms with E-state index in [2.05, 4.69) is 37.2 Å². The number of ether oxygens (including phenoxy) is 1. The van der Waals surface area contributed by atoms with Crippen LogP contribution in [0.1, 0.15) is 10.4 Å². The van der Waals surface area contributed by atoms with E-state index in [1.54, 1.807) is 25.4 Å². The van der Waals surface area contributed by atoms with Gasteiger partial charge in [-0.25, -0.2) is 0 Å². The molecule has 0 aliphatic rings. The molecule has 1 amide bonds. The van der Waals surface area contributed by atoms with Crippen molar-refractivity contribution in [2.75, 3.05) is 19.0 Å². The topological polar surface area (TPSA) is 60.3 Å². The number of nitrogens with one attached hydrogen (secondary N) is 1. The first-order chi connectivity index (χ1) is 10.0. The molecule has 112 valence electrons. The zero-order valence-electron chi connectivity index (χ0n) is 11.1. The van der Waals surface area contributed by atoms with E-state index in [0.717, 1.165) is 7.57 Å². The van der Waals surface area contributed by atoms with Gasteiger partial charge in [0.05, 0.1) is 25.4 Å². The molecule has 2 aromatic heterocycles. The maximum absolute atomic E-state index is 12.2. The third-order valence-corrected chi connectivity index (χ3v) is 5.02. The molecule has 8 heteroatoms. The quantitative estimate of drug-likeness (QED) is 0.783. The molecular weight excluding hydrogens is 424 g/mol. The summed E-state index contributed by atoms with van der Waals surface area (Å²) in [7, 11) is 1.57. The number of halogens is 2. The summed E-state index contributed by atoms with van der Waals surface area (Å²) in [6.07, 6.45) is 1.61. The van der Waals surface area contributed by atoms with Gasteiger partial charge in [0, 0.05) is 25.9 Å². The Morgan fingerprint density at radius 2 is 2.19 bits per heavy atom. The highest BCUT2D eigenvalue weighted by Crippen LogP contribution is 2.32. The predicted molar refractivity (Wildman–Crippen MR) is 90.3 cm³/mol. The Bertz CT molecular complexity index is 712. The van der Waals surface area contributed by atoms with Crippen LogP contribution in [0.5, 0.6) is 0 Å². The standard InChI is InChI=1S/C13H12Br2N2O3S/c1-20-5-4-17-7-8(2-3-11(17)18)16-13(19)9-6-10(14)21-12(9)15/h2-3,6-7H,4-5H2,1H3,(H,16,19). The van der Waals surface area contributed by atoms with Gasteiger partial charge < -0.3 is 14.6 Å². The number of thiophene rings is 1. The highest BCUT2D eigenvalue weighted by molar-refractivity contribution is 9.12. The number of aromatic nitrogens is 1. The van der Waals surface area contributed by atoms with Gasteiger partial charge in [-0.05, 0) is 44.0 Å². The van der Waals surface area contributed by atoms with Crippen LogP contribution in [0.25, 0.3) is 0 Å². The number of rotatable bonds is 5. The van der Waals surface area contributed by atoms with Gasteiger partial charge in [-0.2, -0.15) is 0 Å². The second kappa shape index (κ2) is 7.35. The van der Waals surface area contributed by atoms with Crippen LogP contribution in [0.2, 0.25) is 0 Å². The predicted octanol–water partition coefficient (Wildman–Crippen LogP) is 3.33. The van der Waals surface area contributed by atoms with Gasteiger partial charge in [0.15, 0.2) is 0 Å². The van der Waals surface area contributed by atoms with Crippen LogP contribution in [0, 0.1) is 0 Å². The number of hydrogen-bond donors (Lipinski definition) is 1. The van der Waals surface area contributed by atoms with E-state index in [9.17, 15) is 9.59 Å².